The molecule has 0 radical (unpaired) electrons. The van der Waals surface area contributed by atoms with Crippen molar-refractivity contribution in [3.63, 3.8) is 0 Å². The van der Waals surface area contributed by atoms with Crippen LogP contribution in [0.4, 0.5) is 24.5 Å². The van der Waals surface area contributed by atoms with Gasteiger partial charge in [-0.05, 0) is 42.8 Å². The molecule has 1 heterocycles. The number of nitrogens with one attached hydrogen (secondary N) is 3. The summed E-state index contributed by atoms with van der Waals surface area (Å²) in [6, 6.07) is 22.5. The van der Waals surface area contributed by atoms with Crippen molar-refractivity contribution in [1.29, 1.82) is 5.26 Å². The second kappa shape index (κ2) is 12.3. The number of anilines is 2. The third-order valence-corrected chi connectivity index (χ3v) is 7.36. The molecule has 1 atom stereocenters. The van der Waals surface area contributed by atoms with Gasteiger partial charge in [-0.1, -0.05) is 71.9 Å². The first kappa shape index (κ1) is 28.8. The Morgan fingerprint density at radius 2 is 1.65 bits per heavy atom. The Morgan fingerprint density at radius 3 is 2.33 bits per heavy atom. The summed E-state index contributed by atoms with van der Waals surface area (Å²) in [5.41, 5.74) is 0.587. The number of carbonyl (C=O) groups excluding carboxylic acids is 2. The van der Waals surface area contributed by atoms with Crippen molar-refractivity contribution in [3.8, 4) is 6.07 Å². The highest BCUT2D eigenvalue weighted by atomic mass is 35.5. The first-order chi connectivity index (χ1) is 19.1. The molecule has 4 rings (SSSR count). The molecule has 0 aliphatic carbocycles. The second-order valence-electron chi connectivity index (χ2n) is 8.67. The molecule has 6 nitrogen and oxygen atoms in total. The van der Waals surface area contributed by atoms with E-state index >= 15 is 0 Å². The zero-order valence-corrected chi connectivity index (χ0v) is 22.5. The predicted molar refractivity (Wildman–Crippen MR) is 150 cm³/mol. The number of allylic oxidation sites excluding steroid dienone is 2. The van der Waals surface area contributed by atoms with E-state index in [0.29, 0.717) is 27.0 Å². The van der Waals surface area contributed by atoms with Crippen molar-refractivity contribution in [3.05, 3.63) is 117 Å². The van der Waals surface area contributed by atoms with E-state index in [-0.39, 0.29) is 22.6 Å². The number of thioether (sulfide) groups is 1. The molecule has 204 valence electrons. The number of amides is 2. The lowest BCUT2D eigenvalue weighted by Gasteiger charge is -2.30. The van der Waals surface area contributed by atoms with Gasteiger partial charge in [0.05, 0.1) is 39.6 Å². The van der Waals surface area contributed by atoms with Gasteiger partial charge in [-0.3, -0.25) is 9.59 Å². The molecule has 0 bridgehead atoms. The first-order valence-electron chi connectivity index (χ1n) is 11.9. The minimum absolute atomic E-state index is 0.144. The quantitative estimate of drug-likeness (QED) is 0.277. The van der Waals surface area contributed by atoms with Crippen LogP contribution in [0.25, 0.3) is 0 Å². The molecule has 0 spiro atoms. The monoisotopic (exact) mass is 582 g/mol. The van der Waals surface area contributed by atoms with Gasteiger partial charge in [0.15, 0.2) is 0 Å². The van der Waals surface area contributed by atoms with Gasteiger partial charge >= 0.3 is 6.18 Å². The fourth-order valence-electron chi connectivity index (χ4n) is 4.23. The highest BCUT2D eigenvalue weighted by molar-refractivity contribution is 8.03. The largest absolute Gasteiger partial charge is 0.418 e. The molecule has 0 aromatic heterocycles. The molecule has 0 saturated heterocycles. The van der Waals surface area contributed by atoms with Crippen LogP contribution in [0, 0.1) is 11.3 Å². The molecule has 0 unspecified atom stereocenters. The Morgan fingerprint density at radius 1 is 1.00 bits per heavy atom. The number of para-hydroxylation sites is 2. The van der Waals surface area contributed by atoms with Crippen LogP contribution in [0.2, 0.25) is 5.02 Å². The van der Waals surface area contributed by atoms with Gasteiger partial charge in [0.1, 0.15) is 0 Å². The minimum atomic E-state index is -4.64. The number of halogens is 4. The zero-order chi connectivity index (χ0) is 28.9. The van der Waals surface area contributed by atoms with Crippen LogP contribution < -0.4 is 16.0 Å². The van der Waals surface area contributed by atoms with Crippen LogP contribution >= 0.6 is 23.4 Å². The third-order valence-electron chi connectivity index (χ3n) is 5.99. The zero-order valence-electron chi connectivity index (χ0n) is 21.0. The number of hydrogen-bond acceptors (Lipinski definition) is 5. The van der Waals surface area contributed by atoms with E-state index < -0.39 is 29.5 Å². The molecule has 0 fully saturated rings. The predicted octanol–water partition coefficient (Wildman–Crippen LogP) is 7.07. The summed E-state index contributed by atoms with van der Waals surface area (Å²) in [6.45, 7) is 1.66. The maximum Gasteiger partial charge on any atom is 0.418 e. The lowest BCUT2D eigenvalue weighted by atomic mass is 9.82. The number of nitrogens with zero attached hydrogens (tertiary/aromatic N) is 1. The van der Waals surface area contributed by atoms with E-state index in [4.69, 9.17) is 11.6 Å². The summed E-state index contributed by atoms with van der Waals surface area (Å²) in [7, 11) is 0. The van der Waals surface area contributed by atoms with Crippen molar-refractivity contribution < 1.29 is 22.8 Å². The van der Waals surface area contributed by atoms with Gasteiger partial charge < -0.3 is 16.0 Å². The summed E-state index contributed by atoms with van der Waals surface area (Å²) < 4.78 is 40.0. The van der Waals surface area contributed by atoms with Crippen LogP contribution in [0.5, 0.6) is 0 Å². The van der Waals surface area contributed by atoms with Crippen LogP contribution in [0.1, 0.15) is 24.0 Å². The van der Waals surface area contributed by atoms with Gasteiger partial charge in [0, 0.05) is 22.0 Å². The number of dihydropyridines is 1. The average Bonchev–Trinajstić information content (AvgIpc) is 2.92. The Hall–Kier alpha value is -4.20. The van der Waals surface area contributed by atoms with E-state index in [0.717, 1.165) is 17.8 Å². The normalized spacial score (nSPS) is 15.2. The summed E-state index contributed by atoms with van der Waals surface area (Å²) in [5.74, 6) is -2.30. The maximum atomic E-state index is 13.5. The van der Waals surface area contributed by atoms with E-state index in [9.17, 15) is 28.0 Å². The molecule has 3 aromatic carbocycles. The van der Waals surface area contributed by atoms with Crippen molar-refractivity contribution in [2.24, 2.45) is 0 Å². The van der Waals surface area contributed by atoms with Crippen molar-refractivity contribution in [2.45, 2.75) is 19.0 Å². The van der Waals surface area contributed by atoms with Crippen molar-refractivity contribution in [1.82, 2.24) is 5.32 Å². The van der Waals surface area contributed by atoms with Gasteiger partial charge in [-0.25, -0.2) is 0 Å². The number of benzene rings is 3. The van der Waals surface area contributed by atoms with Crippen LogP contribution in [0.15, 0.2) is 101 Å². The number of rotatable bonds is 7. The number of alkyl halides is 3. The molecule has 1 aliphatic rings. The minimum Gasteiger partial charge on any atom is -0.353 e. The van der Waals surface area contributed by atoms with E-state index in [1.807, 2.05) is 6.07 Å². The topological polar surface area (TPSA) is 94.0 Å². The standard InChI is InChI=1S/C29H22ClF3N4O2S/c1-17-25(27(39)36-18-9-3-2-4-10-18)26(19-11-5-7-13-22(19)30)20(15-34)28(35-17)40-16-24(38)37-23-14-8-6-12-21(23)29(31,32)33/h2-14,26,35H,16H2,1H3,(H,36,39)(H,37,38)/t26-/m1/s1. The van der Waals surface area contributed by atoms with Gasteiger partial charge in [0.25, 0.3) is 5.91 Å². The maximum absolute atomic E-state index is 13.5. The number of carbonyl (C=O) groups is 2. The number of nitriles is 1. The van der Waals surface area contributed by atoms with Gasteiger partial charge in [-0.15, -0.1) is 0 Å². The molecule has 11 heteroatoms. The molecular formula is C29H22ClF3N4O2S. The van der Waals surface area contributed by atoms with Crippen molar-refractivity contribution in [2.75, 3.05) is 16.4 Å². The Bertz CT molecular complexity index is 1550. The van der Waals surface area contributed by atoms with E-state index in [1.54, 1.807) is 55.5 Å². The molecule has 1 aliphatic heterocycles. The molecule has 2 amide bonds. The van der Waals surface area contributed by atoms with E-state index in [2.05, 4.69) is 22.0 Å². The fraction of sp³-hybridized carbons (Fsp3) is 0.138. The Balaban J connectivity index is 1.63. The Labute approximate surface area is 237 Å². The summed E-state index contributed by atoms with van der Waals surface area (Å²) in [5, 5.41) is 19.0. The number of hydrogen-bond donors (Lipinski definition) is 3. The average molecular weight is 583 g/mol. The second-order valence-corrected chi connectivity index (χ2v) is 10.1. The smallest absolute Gasteiger partial charge is 0.353 e. The fourth-order valence-corrected chi connectivity index (χ4v) is 5.37. The highest BCUT2D eigenvalue weighted by Gasteiger charge is 2.36. The lowest BCUT2D eigenvalue weighted by Crippen LogP contribution is -2.31. The molecule has 0 saturated carbocycles. The van der Waals surface area contributed by atoms with Crippen LogP contribution in [-0.2, 0) is 15.8 Å². The Kier molecular flexibility index (Phi) is 8.87. The first-order valence-corrected chi connectivity index (χ1v) is 13.3. The molecular weight excluding hydrogens is 561 g/mol. The molecule has 3 N–H and O–H groups in total. The third kappa shape index (κ3) is 6.50. The van der Waals surface area contributed by atoms with Gasteiger partial charge in [0.2, 0.25) is 5.91 Å². The SMILES string of the molecule is CC1=C(C(=O)Nc2ccccc2)[C@H](c2ccccc2Cl)C(C#N)=C(SCC(=O)Nc2ccccc2C(F)(F)F)N1. The van der Waals surface area contributed by atoms with Crippen LogP contribution in [-0.4, -0.2) is 17.6 Å². The molecule has 40 heavy (non-hydrogen) atoms. The summed E-state index contributed by atoms with van der Waals surface area (Å²) in [4.78, 5) is 26.1. The van der Waals surface area contributed by atoms with Gasteiger partial charge in [-0.2, -0.15) is 18.4 Å². The van der Waals surface area contributed by atoms with E-state index in [1.165, 1.54) is 18.2 Å². The summed E-state index contributed by atoms with van der Waals surface area (Å²) in [6.07, 6.45) is -4.64. The lowest BCUT2D eigenvalue weighted by molar-refractivity contribution is -0.137. The molecule has 3 aromatic rings. The summed E-state index contributed by atoms with van der Waals surface area (Å²) >= 11 is 7.45. The highest BCUT2D eigenvalue weighted by Crippen LogP contribution is 2.43. The van der Waals surface area contributed by atoms with Crippen molar-refractivity contribution >= 4 is 46.6 Å². The van der Waals surface area contributed by atoms with Crippen LogP contribution in [0.3, 0.4) is 0 Å².